The molecule has 1 heterocycles. The Bertz CT molecular complexity index is 519. The molecule has 0 spiro atoms. The lowest BCUT2D eigenvalue weighted by atomic mass is 10.1. The van der Waals surface area contributed by atoms with Crippen molar-refractivity contribution in [2.75, 3.05) is 0 Å². The molecule has 4 heteroatoms. The molecule has 4 nitrogen and oxygen atoms in total. The number of nitrogens with zero attached hydrogens (tertiary/aromatic N) is 3. The third-order valence-corrected chi connectivity index (χ3v) is 3.43. The average molecular weight is 272 g/mol. The molecule has 0 fully saturated rings. The maximum Gasteiger partial charge on any atom is 0.117 e. The molecule has 20 heavy (non-hydrogen) atoms. The summed E-state index contributed by atoms with van der Waals surface area (Å²) < 4.78 is 0. The zero-order valence-electron chi connectivity index (χ0n) is 12.6. The topological polar surface area (TPSA) is 42.7 Å². The van der Waals surface area contributed by atoms with Gasteiger partial charge in [0.25, 0.3) is 0 Å². The van der Waals surface area contributed by atoms with Gasteiger partial charge < -0.3 is 5.32 Å². The van der Waals surface area contributed by atoms with Gasteiger partial charge in [-0.2, -0.15) is 15.0 Å². The quantitative estimate of drug-likeness (QED) is 0.841. The first-order valence-electron chi connectivity index (χ1n) is 7.47. The van der Waals surface area contributed by atoms with Crippen molar-refractivity contribution in [3.63, 3.8) is 0 Å². The highest BCUT2D eigenvalue weighted by Crippen LogP contribution is 2.20. The Morgan fingerprint density at radius 1 is 1.15 bits per heavy atom. The second-order valence-electron chi connectivity index (χ2n) is 5.15. The van der Waals surface area contributed by atoms with Crippen LogP contribution < -0.4 is 5.32 Å². The van der Waals surface area contributed by atoms with E-state index in [1.165, 1.54) is 0 Å². The van der Waals surface area contributed by atoms with E-state index >= 15 is 0 Å². The van der Waals surface area contributed by atoms with Crippen molar-refractivity contribution in [2.24, 2.45) is 0 Å². The predicted octanol–water partition coefficient (Wildman–Crippen LogP) is 3.24. The van der Waals surface area contributed by atoms with Gasteiger partial charge in [0.1, 0.15) is 11.4 Å². The highest BCUT2D eigenvalue weighted by atomic mass is 15.5. The van der Waals surface area contributed by atoms with E-state index in [2.05, 4.69) is 48.4 Å². The highest BCUT2D eigenvalue weighted by molar-refractivity contribution is 5.60. The summed E-state index contributed by atoms with van der Waals surface area (Å²) in [6, 6.07) is 10.8. The lowest BCUT2D eigenvalue weighted by Gasteiger charge is -2.10. The van der Waals surface area contributed by atoms with Crippen molar-refractivity contribution in [3.05, 3.63) is 36.0 Å². The van der Waals surface area contributed by atoms with E-state index in [9.17, 15) is 0 Å². The number of rotatable bonds is 7. The summed E-state index contributed by atoms with van der Waals surface area (Å²) in [4.78, 5) is 1.82. The van der Waals surface area contributed by atoms with Gasteiger partial charge in [0.05, 0.1) is 6.54 Å². The molecule has 1 aromatic carbocycles. The highest BCUT2D eigenvalue weighted by Gasteiger charge is 2.13. The van der Waals surface area contributed by atoms with Gasteiger partial charge in [-0.15, -0.1) is 0 Å². The summed E-state index contributed by atoms with van der Waals surface area (Å²) in [5.74, 6) is 0. The maximum absolute atomic E-state index is 4.64. The molecule has 1 aromatic heterocycles. The van der Waals surface area contributed by atoms with Crippen molar-refractivity contribution < 1.29 is 0 Å². The minimum Gasteiger partial charge on any atom is -0.309 e. The first-order chi connectivity index (χ1) is 9.74. The molecule has 0 aliphatic rings. The third kappa shape index (κ3) is 3.67. The van der Waals surface area contributed by atoms with Crippen molar-refractivity contribution in [2.45, 2.75) is 52.7 Å². The second kappa shape index (κ2) is 7.20. The van der Waals surface area contributed by atoms with E-state index < -0.39 is 0 Å². The summed E-state index contributed by atoms with van der Waals surface area (Å²) in [7, 11) is 0. The van der Waals surface area contributed by atoms with Crippen LogP contribution in [0.5, 0.6) is 0 Å². The van der Waals surface area contributed by atoms with Gasteiger partial charge in [-0.25, -0.2) is 0 Å². The van der Waals surface area contributed by atoms with Gasteiger partial charge in [-0.3, -0.25) is 0 Å². The Morgan fingerprint density at radius 2 is 1.90 bits per heavy atom. The average Bonchev–Trinajstić information content (AvgIpc) is 2.89. The summed E-state index contributed by atoms with van der Waals surface area (Å²) >= 11 is 0. The van der Waals surface area contributed by atoms with Gasteiger partial charge in [0, 0.05) is 18.2 Å². The van der Waals surface area contributed by atoms with Crippen molar-refractivity contribution in [1.29, 1.82) is 0 Å². The second-order valence-corrected chi connectivity index (χ2v) is 5.15. The fourth-order valence-corrected chi connectivity index (χ4v) is 2.04. The fraction of sp³-hybridized carbons (Fsp3) is 0.500. The van der Waals surface area contributed by atoms with Crippen LogP contribution in [0.25, 0.3) is 11.3 Å². The molecule has 2 rings (SSSR count). The number of hydrogen-bond donors (Lipinski definition) is 1. The molecular formula is C16H24N4. The van der Waals surface area contributed by atoms with Gasteiger partial charge in [0.15, 0.2) is 0 Å². The molecular weight excluding hydrogens is 248 g/mol. The summed E-state index contributed by atoms with van der Waals surface area (Å²) in [6.07, 6.45) is 2.16. The lowest BCUT2D eigenvalue weighted by molar-refractivity contribution is 0.503. The molecule has 0 radical (unpaired) electrons. The molecule has 0 bridgehead atoms. The number of hydrogen-bond acceptors (Lipinski definition) is 3. The number of benzene rings is 1. The zero-order chi connectivity index (χ0) is 14.4. The monoisotopic (exact) mass is 272 g/mol. The van der Waals surface area contributed by atoms with E-state index in [-0.39, 0.29) is 0 Å². The van der Waals surface area contributed by atoms with Crippen LogP contribution in [0.3, 0.4) is 0 Å². The van der Waals surface area contributed by atoms with E-state index in [4.69, 9.17) is 0 Å². The van der Waals surface area contributed by atoms with Gasteiger partial charge in [-0.05, 0) is 19.8 Å². The molecule has 1 atom stereocenters. The Hall–Kier alpha value is -1.68. The number of aryl methyl sites for hydroxylation is 1. The molecule has 2 aromatic rings. The Labute approximate surface area is 121 Å². The zero-order valence-corrected chi connectivity index (χ0v) is 12.6. The maximum atomic E-state index is 4.64. The lowest BCUT2D eigenvalue weighted by Crippen LogP contribution is -2.25. The molecule has 0 unspecified atom stereocenters. The molecule has 0 aliphatic carbocycles. The first-order valence-corrected chi connectivity index (χ1v) is 7.47. The van der Waals surface area contributed by atoms with Gasteiger partial charge in [0.2, 0.25) is 0 Å². The SMILES string of the molecule is CCCn1nc(CN[C@H](C)CC)c(-c2ccccc2)n1. The summed E-state index contributed by atoms with van der Waals surface area (Å²) in [6.45, 7) is 8.15. The summed E-state index contributed by atoms with van der Waals surface area (Å²) in [5, 5.41) is 12.8. The number of nitrogens with one attached hydrogen (secondary N) is 1. The van der Waals surface area contributed by atoms with Gasteiger partial charge in [-0.1, -0.05) is 44.2 Å². The first kappa shape index (κ1) is 14.7. The van der Waals surface area contributed by atoms with E-state index in [1.54, 1.807) is 0 Å². The molecule has 0 saturated heterocycles. The third-order valence-electron chi connectivity index (χ3n) is 3.43. The minimum absolute atomic E-state index is 0.495. The van der Waals surface area contributed by atoms with Crippen LogP contribution in [0.2, 0.25) is 0 Å². The predicted molar refractivity (Wildman–Crippen MR) is 82.3 cm³/mol. The number of aromatic nitrogens is 3. The Kier molecular flexibility index (Phi) is 5.30. The summed E-state index contributed by atoms with van der Waals surface area (Å²) in [5.41, 5.74) is 3.16. The van der Waals surface area contributed by atoms with Crippen LogP contribution in [-0.2, 0) is 13.1 Å². The van der Waals surface area contributed by atoms with Crippen LogP contribution in [-0.4, -0.2) is 21.0 Å². The van der Waals surface area contributed by atoms with Crippen molar-refractivity contribution in [3.8, 4) is 11.3 Å². The van der Waals surface area contributed by atoms with Gasteiger partial charge >= 0.3 is 0 Å². The molecule has 1 N–H and O–H groups in total. The van der Waals surface area contributed by atoms with E-state index in [0.29, 0.717) is 6.04 Å². The van der Waals surface area contributed by atoms with Crippen LogP contribution in [0, 0.1) is 0 Å². The van der Waals surface area contributed by atoms with Crippen LogP contribution in [0.4, 0.5) is 0 Å². The molecule has 0 amide bonds. The standard InChI is InChI=1S/C16H24N4/c1-4-11-20-18-15(12-17-13(3)5-2)16(19-20)14-9-7-6-8-10-14/h6-10,13,17H,4-5,11-12H2,1-3H3/t13-/m1/s1. The Balaban J connectivity index is 2.24. The van der Waals surface area contributed by atoms with Crippen LogP contribution in [0.15, 0.2) is 30.3 Å². The smallest absolute Gasteiger partial charge is 0.117 e. The molecule has 0 saturated carbocycles. The van der Waals surface area contributed by atoms with E-state index in [0.717, 1.165) is 42.9 Å². The molecule has 108 valence electrons. The Morgan fingerprint density at radius 3 is 2.55 bits per heavy atom. The normalized spacial score (nSPS) is 12.6. The largest absolute Gasteiger partial charge is 0.309 e. The minimum atomic E-state index is 0.495. The van der Waals surface area contributed by atoms with Crippen molar-refractivity contribution in [1.82, 2.24) is 20.3 Å². The van der Waals surface area contributed by atoms with Crippen LogP contribution in [0.1, 0.15) is 39.3 Å². The fourth-order valence-electron chi connectivity index (χ4n) is 2.04. The van der Waals surface area contributed by atoms with Crippen LogP contribution >= 0.6 is 0 Å². The van der Waals surface area contributed by atoms with E-state index in [1.807, 2.05) is 23.0 Å². The van der Waals surface area contributed by atoms with Crippen molar-refractivity contribution >= 4 is 0 Å². The molecule has 0 aliphatic heterocycles.